The molecule has 1 aromatic heterocycles. The first-order chi connectivity index (χ1) is 18.4. The maximum Gasteiger partial charge on any atom is 0.345 e. The minimum absolute atomic E-state index is 0.0498. The molecule has 8 nitrogen and oxygen atoms in total. The number of amides is 1. The minimum atomic E-state index is -2.73. The zero-order valence-corrected chi connectivity index (χ0v) is 23.4. The second-order valence-electron chi connectivity index (χ2n) is 10.7. The molecule has 1 saturated carbocycles. The van der Waals surface area contributed by atoms with Crippen LogP contribution < -0.4 is 20.3 Å². The molecule has 0 bridgehead atoms. The van der Waals surface area contributed by atoms with E-state index in [1.807, 2.05) is 6.92 Å². The molecular formula is C27H31Cl2F2N3O5. The number of fused-ring (bicyclic) bond motifs is 1. The van der Waals surface area contributed by atoms with Crippen LogP contribution in [-0.4, -0.2) is 53.4 Å². The first kappa shape index (κ1) is 28.1. The topological polar surface area (TPSA) is 92.9 Å². The van der Waals surface area contributed by atoms with Crippen LogP contribution in [0.25, 0.3) is 0 Å². The van der Waals surface area contributed by atoms with Crippen LogP contribution in [0.1, 0.15) is 59.8 Å². The lowest BCUT2D eigenvalue weighted by Crippen LogP contribution is -2.58. The third-order valence-corrected chi connectivity index (χ3v) is 8.68. The van der Waals surface area contributed by atoms with E-state index in [1.165, 1.54) is 0 Å². The van der Waals surface area contributed by atoms with E-state index in [2.05, 4.69) is 19.9 Å². The van der Waals surface area contributed by atoms with E-state index in [4.69, 9.17) is 32.7 Å². The van der Waals surface area contributed by atoms with E-state index in [1.54, 1.807) is 26.0 Å². The number of likely N-dealkylation sites (tertiary alicyclic amines) is 1. The molecule has 2 N–H and O–H groups in total. The molecule has 1 aromatic carbocycles. The van der Waals surface area contributed by atoms with Gasteiger partial charge < -0.3 is 24.5 Å². The third kappa shape index (κ3) is 5.62. The lowest BCUT2D eigenvalue weighted by atomic mass is 9.80. The van der Waals surface area contributed by atoms with Crippen LogP contribution in [0.4, 0.5) is 8.78 Å². The van der Waals surface area contributed by atoms with Crippen LogP contribution in [0, 0.1) is 19.8 Å². The number of carbonyl (C=O) groups excluding carboxylic acids is 1. The first-order valence-electron chi connectivity index (χ1n) is 13.0. The Morgan fingerprint density at radius 1 is 1.15 bits per heavy atom. The molecule has 1 aliphatic carbocycles. The Hall–Kier alpha value is -2.40. The second kappa shape index (κ2) is 10.9. The van der Waals surface area contributed by atoms with Crippen molar-refractivity contribution in [3.8, 4) is 11.5 Å². The number of alkyl halides is 2. The van der Waals surface area contributed by atoms with Gasteiger partial charge in [-0.1, -0.05) is 23.2 Å². The lowest BCUT2D eigenvalue weighted by Gasteiger charge is -2.47. The molecule has 0 spiro atoms. The summed E-state index contributed by atoms with van der Waals surface area (Å²) in [4.78, 5) is 30.2. The number of pyridine rings is 1. The van der Waals surface area contributed by atoms with Gasteiger partial charge in [0, 0.05) is 48.8 Å². The van der Waals surface area contributed by atoms with E-state index in [0.29, 0.717) is 47.5 Å². The van der Waals surface area contributed by atoms with E-state index < -0.39 is 24.4 Å². The van der Waals surface area contributed by atoms with Crippen molar-refractivity contribution in [3.63, 3.8) is 0 Å². The number of aromatic amines is 1. The summed E-state index contributed by atoms with van der Waals surface area (Å²) < 4.78 is 42.1. The Kier molecular flexibility index (Phi) is 7.85. The van der Waals surface area contributed by atoms with Crippen molar-refractivity contribution in [3.05, 3.63) is 54.9 Å². The van der Waals surface area contributed by atoms with Gasteiger partial charge in [-0.15, -0.1) is 0 Å². The summed E-state index contributed by atoms with van der Waals surface area (Å²) in [6.07, 6.45) is 3.06. The first-order valence-corrected chi connectivity index (χ1v) is 13.8. The number of rotatable bonds is 7. The molecule has 3 aliphatic rings. The van der Waals surface area contributed by atoms with E-state index in [0.717, 1.165) is 25.7 Å². The summed E-state index contributed by atoms with van der Waals surface area (Å²) in [7, 11) is 0. The predicted octanol–water partition coefficient (Wildman–Crippen LogP) is 5.20. The fourth-order valence-corrected chi connectivity index (χ4v) is 6.37. The Bertz CT molecular complexity index is 1330. The van der Waals surface area contributed by atoms with Gasteiger partial charge in [-0.05, 0) is 51.7 Å². The Morgan fingerprint density at radius 3 is 2.46 bits per heavy atom. The van der Waals surface area contributed by atoms with E-state index in [-0.39, 0.29) is 33.6 Å². The third-order valence-electron chi connectivity index (χ3n) is 8.06. The number of halogens is 4. The van der Waals surface area contributed by atoms with E-state index in [9.17, 15) is 18.4 Å². The number of hydrogen-bond donors (Lipinski definition) is 2. The molecule has 1 atom stereocenters. The van der Waals surface area contributed by atoms with Gasteiger partial charge in [-0.3, -0.25) is 14.5 Å². The molecular weight excluding hydrogens is 555 g/mol. The summed E-state index contributed by atoms with van der Waals surface area (Å²) in [5.41, 5.74) is 1.43. The Morgan fingerprint density at radius 2 is 1.82 bits per heavy atom. The van der Waals surface area contributed by atoms with Crippen molar-refractivity contribution >= 4 is 29.1 Å². The van der Waals surface area contributed by atoms with Crippen LogP contribution in [0.15, 0.2) is 16.9 Å². The summed E-state index contributed by atoms with van der Waals surface area (Å²) in [5, 5.41) is 3.28. The normalized spacial score (nSPS) is 25.1. The number of ether oxygens (including phenoxy) is 3. The SMILES string of the molecule is Cc1cc(Cl)c(CNC(=O)c2cc(Cl)c3c(c2C)OC(C)(C2CCC(N4CC(OC(F)F)C4)CC2)O3)c(=O)[nH]1. The largest absolute Gasteiger partial charge is 0.448 e. The van der Waals surface area contributed by atoms with Crippen LogP contribution in [0.5, 0.6) is 11.5 Å². The fourth-order valence-electron chi connectivity index (χ4n) is 5.82. The highest BCUT2D eigenvalue weighted by molar-refractivity contribution is 6.33. The van der Waals surface area contributed by atoms with Gasteiger partial charge in [-0.25, -0.2) is 0 Å². The fraction of sp³-hybridized carbons (Fsp3) is 0.556. The van der Waals surface area contributed by atoms with Gasteiger partial charge in [-0.2, -0.15) is 8.78 Å². The number of benzene rings is 1. The molecule has 0 radical (unpaired) electrons. The zero-order chi connectivity index (χ0) is 28.1. The highest BCUT2D eigenvalue weighted by Gasteiger charge is 2.48. The van der Waals surface area contributed by atoms with Crippen LogP contribution in [-0.2, 0) is 11.3 Å². The Balaban J connectivity index is 1.23. The van der Waals surface area contributed by atoms with Crippen molar-refractivity contribution in [2.75, 3.05) is 13.1 Å². The van der Waals surface area contributed by atoms with Gasteiger partial charge in [0.05, 0.1) is 28.3 Å². The number of nitrogens with one attached hydrogen (secondary N) is 2. The maximum atomic E-state index is 13.1. The number of carbonyl (C=O) groups is 1. The number of nitrogens with zero attached hydrogens (tertiary/aromatic N) is 1. The number of aryl methyl sites for hydroxylation is 1. The molecule has 212 valence electrons. The molecule has 12 heteroatoms. The molecule has 39 heavy (non-hydrogen) atoms. The van der Waals surface area contributed by atoms with Gasteiger partial charge in [0.2, 0.25) is 0 Å². The molecule has 1 unspecified atom stereocenters. The van der Waals surface area contributed by atoms with Crippen molar-refractivity contribution in [1.82, 2.24) is 15.2 Å². The van der Waals surface area contributed by atoms with Crippen molar-refractivity contribution in [2.45, 2.75) is 77.5 Å². The van der Waals surface area contributed by atoms with Crippen molar-refractivity contribution in [1.29, 1.82) is 0 Å². The van der Waals surface area contributed by atoms with Gasteiger partial charge in [0.15, 0.2) is 11.5 Å². The Labute approximate surface area is 234 Å². The van der Waals surface area contributed by atoms with Crippen LogP contribution >= 0.6 is 23.2 Å². The smallest absolute Gasteiger partial charge is 0.345 e. The zero-order valence-electron chi connectivity index (χ0n) is 21.9. The standard InChI is InChI=1S/C27H31Cl2F2N3O5/c1-13-8-20(28)19(25(36)33-13)10-32-24(35)18-9-21(29)23-22(14(18)2)38-27(3,39-23)15-4-6-16(7-5-15)34-11-17(12-34)37-26(30)31/h8-9,15-17,26H,4-7,10-12H2,1-3H3,(H,32,35)(H,33,36). The van der Waals surface area contributed by atoms with Crippen molar-refractivity contribution in [2.24, 2.45) is 5.92 Å². The second-order valence-corrected chi connectivity index (χ2v) is 11.5. The van der Waals surface area contributed by atoms with Gasteiger partial charge in [0.1, 0.15) is 0 Å². The van der Waals surface area contributed by atoms with Crippen LogP contribution in [0.3, 0.4) is 0 Å². The molecule has 1 amide bonds. The maximum absolute atomic E-state index is 13.1. The number of aromatic nitrogens is 1. The van der Waals surface area contributed by atoms with Gasteiger partial charge >= 0.3 is 6.61 Å². The summed E-state index contributed by atoms with van der Waals surface area (Å²) >= 11 is 12.8. The predicted molar refractivity (Wildman–Crippen MR) is 142 cm³/mol. The van der Waals surface area contributed by atoms with Crippen LogP contribution in [0.2, 0.25) is 10.0 Å². The number of H-pyrrole nitrogens is 1. The van der Waals surface area contributed by atoms with Gasteiger partial charge in [0.25, 0.3) is 17.3 Å². The molecule has 3 heterocycles. The molecule has 5 rings (SSSR count). The molecule has 2 aromatic rings. The molecule has 2 fully saturated rings. The summed E-state index contributed by atoms with van der Waals surface area (Å²) in [6, 6.07) is 3.49. The summed E-state index contributed by atoms with van der Waals surface area (Å²) in [5.74, 6) is -0.454. The highest BCUT2D eigenvalue weighted by atomic mass is 35.5. The monoisotopic (exact) mass is 585 g/mol. The molecule has 2 aliphatic heterocycles. The lowest BCUT2D eigenvalue weighted by molar-refractivity contribution is -0.203. The molecule has 1 saturated heterocycles. The quantitative estimate of drug-likeness (QED) is 0.464. The highest BCUT2D eigenvalue weighted by Crippen LogP contribution is 2.52. The average molecular weight is 586 g/mol. The van der Waals surface area contributed by atoms with E-state index >= 15 is 0 Å². The average Bonchev–Trinajstić information content (AvgIpc) is 3.22. The summed E-state index contributed by atoms with van der Waals surface area (Å²) in [6.45, 7) is 3.65. The minimum Gasteiger partial charge on any atom is -0.448 e. The number of hydrogen-bond acceptors (Lipinski definition) is 6. The van der Waals surface area contributed by atoms with Crippen molar-refractivity contribution < 1.29 is 27.8 Å².